The summed E-state index contributed by atoms with van der Waals surface area (Å²) in [4.78, 5) is 73.2. The number of phosphoric ester groups is 2. The molecule has 0 spiro atoms. The van der Waals surface area contributed by atoms with Gasteiger partial charge in [-0.2, -0.15) is 0 Å². The topological polar surface area (TPSA) is 237 Å². The maximum absolute atomic E-state index is 13.1. The van der Waals surface area contributed by atoms with Gasteiger partial charge in [-0.25, -0.2) is 9.13 Å². The minimum atomic E-state index is -4.97. The van der Waals surface area contributed by atoms with E-state index in [1.807, 2.05) is 0 Å². The summed E-state index contributed by atoms with van der Waals surface area (Å²) in [6, 6.07) is 0. The van der Waals surface area contributed by atoms with Crippen LogP contribution >= 0.6 is 15.6 Å². The number of ether oxygens (including phenoxy) is 4. The van der Waals surface area contributed by atoms with Gasteiger partial charge >= 0.3 is 39.5 Å². The highest BCUT2D eigenvalue weighted by molar-refractivity contribution is 7.47. The Bertz CT molecular complexity index is 2010. The monoisotopic (exact) mass is 1510 g/mol. The van der Waals surface area contributed by atoms with Crippen LogP contribution in [0, 0.1) is 23.7 Å². The van der Waals surface area contributed by atoms with Gasteiger partial charge in [-0.3, -0.25) is 37.3 Å². The van der Waals surface area contributed by atoms with Gasteiger partial charge in [-0.05, 0) is 49.4 Å². The number of carbonyl (C=O) groups is 4. The molecule has 0 aliphatic heterocycles. The lowest BCUT2D eigenvalue weighted by atomic mass is 9.99. The Morgan fingerprint density at radius 2 is 0.466 bits per heavy atom. The van der Waals surface area contributed by atoms with Crippen LogP contribution in [0.25, 0.3) is 0 Å². The molecule has 0 bridgehead atoms. The molecule has 0 amide bonds. The van der Waals surface area contributed by atoms with E-state index in [1.54, 1.807) is 0 Å². The van der Waals surface area contributed by atoms with Crippen LogP contribution in [-0.2, 0) is 65.4 Å². The normalized spacial score (nSPS) is 14.5. The van der Waals surface area contributed by atoms with Crippen molar-refractivity contribution >= 4 is 39.5 Å². The quantitative estimate of drug-likeness (QED) is 0.0222. The van der Waals surface area contributed by atoms with Gasteiger partial charge in [0, 0.05) is 25.7 Å². The molecule has 0 radical (unpaired) electrons. The first-order valence-electron chi connectivity index (χ1n) is 43.3. The molecule has 4 unspecified atom stereocenters. The third-order valence-corrected chi connectivity index (χ3v) is 22.2. The Kier molecular flexibility index (Phi) is 71.5. The number of phosphoric acid groups is 2. The minimum absolute atomic E-state index is 0.106. The molecule has 0 heterocycles. The first-order chi connectivity index (χ1) is 49.7. The fraction of sp³-hybridized carbons (Fsp3) is 0.952. The van der Waals surface area contributed by atoms with Crippen molar-refractivity contribution in [2.75, 3.05) is 39.6 Å². The van der Waals surface area contributed by atoms with Crippen molar-refractivity contribution in [2.24, 2.45) is 23.7 Å². The average molecular weight is 1510 g/mol. The largest absolute Gasteiger partial charge is 0.472 e. The van der Waals surface area contributed by atoms with Crippen LogP contribution in [0.2, 0.25) is 0 Å². The van der Waals surface area contributed by atoms with E-state index >= 15 is 0 Å². The van der Waals surface area contributed by atoms with Crippen LogP contribution in [0.5, 0.6) is 0 Å². The van der Waals surface area contributed by atoms with Gasteiger partial charge in [-0.1, -0.05) is 383 Å². The Balaban J connectivity index is 5.24. The lowest BCUT2D eigenvalue weighted by Gasteiger charge is -2.21. The molecule has 3 N–H and O–H groups in total. The predicted octanol–water partition coefficient (Wildman–Crippen LogP) is 25.2. The van der Waals surface area contributed by atoms with Crippen molar-refractivity contribution in [1.82, 2.24) is 0 Å². The molecule has 0 aromatic heterocycles. The highest BCUT2D eigenvalue weighted by Gasteiger charge is 2.30. The summed E-state index contributed by atoms with van der Waals surface area (Å²) < 4.78 is 68.8. The molecule has 0 rings (SSSR count). The first kappa shape index (κ1) is 101. The standard InChI is InChI=1S/C84H164O17P2/c1-9-76(7)62-54-46-38-30-24-17-15-13-11-12-14-16-18-26-32-42-50-58-66-83(88)100-79(70-94-81(86)64-56-48-40-31-25-20-19-22-28-36-44-52-60-74(3)4)72-98-102(90,91)96-68-78(85)69-97-103(92,93)99-73-80(71-95-82(87)65-57-49-41-35-34-39-47-55-63-77(8)10-2)101-84(89)67-59-51-43-33-27-21-23-29-37-45-53-61-75(5)6/h74-80,85H,9-73H2,1-8H3,(H,90,91)(H,92,93)/t76?,77?,78-,79-,80-/m1/s1. The van der Waals surface area contributed by atoms with Crippen molar-refractivity contribution in [3.8, 4) is 0 Å². The summed E-state index contributed by atoms with van der Waals surface area (Å²) in [6.07, 6.45) is 61.0. The SMILES string of the molecule is CCC(C)CCCCCCCCCCCCCCCCCCCCC(=O)O[C@H](COC(=O)CCCCCCCCCCCCCCC(C)C)COP(=O)(O)OC[C@@H](O)COP(=O)(O)OC[C@@H](COC(=O)CCCCCCCCCCC(C)CC)OC(=O)CCCCCCCCCCCCCC(C)C. The number of esters is 4. The Labute approximate surface area is 632 Å². The van der Waals surface area contributed by atoms with Crippen LogP contribution in [0.1, 0.15) is 434 Å². The van der Waals surface area contributed by atoms with Crippen LogP contribution < -0.4 is 0 Å². The molecule has 17 nitrogen and oxygen atoms in total. The number of aliphatic hydroxyl groups excluding tert-OH is 1. The molecular formula is C84H164O17P2. The molecule has 0 saturated carbocycles. The van der Waals surface area contributed by atoms with E-state index < -0.39 is 97.5 Å². The Morgan fingerprint density at radius 1 is 0.272 bits per heavy atom. The predicted molar refractivity (Wildman–Crippen MR) is 423 cm³/mol. The fourth-order valence-electron chi connectivity index (χ4n) is 12.9. The van der Waals surface area contributed by atoms with Crippen molar-refractivity contribution < 1.29 is 80.2 Å². The zero-order valence-corrected chi connectivity index (χ0v) is 69.7. The lowest BCUT2D eigenvalue weighted by molar-refractivity contribution is -0.161. The number of aliphatic hydroxyl groups is 1. The zero-order valence-electron chi connectivity index (χ0n) is 68.0. The van der Waals surface area contributed by atoms with Gasteiger partial charge in [0.1, 0.15) is 19.3 Å². The molecule has 0 aliphatic carbocycles. The smallest absolute Gasteiger partial charge is 0.462 e. The van der Waals surface area contributed by atoms with Gasteiger partial charge < -0.3 is 33.8 Å². The summed E-state index contributed by atoms with van der Waals surface area (Å²) in [5.41, 5.74) is 0. The van der Waals surface area contributed by atoms with Crippen LogP contribution in [-0.4, -0.2) is 96.7 Å². The Hall–Kier alpha value is -1.94. The molecule has 0 aromatic carbocycles. The summed E-state index contributed by atoms with van der Waals surface area (Å²) in [7, 11) is -9.93. The molecule has 19 heteroatoms. The van der Waals surface area contributed by atoms with Crippen LogP contribution in [0.3, 0.4) is 0 Å². The first-order valence-corrected chi connectivity index (χ1v) is 46.3. The van der Waals surface area contributed by atoms with E-state index in [1.165, 1.54) is 238 Å². The molecule has 0 aliphatic rings. The fourth-order valence-corrected chi connectivity index (χ4v) is 14.5. The second-order valence-corrected chi connectivity index (χ2v) is 34.6. The second-order valence-electron chi connectivity index (χ2n) is 31.7. The number of unbranched alkanes of at least 4 members (excludes halogenated alkanes) is 45. The van der Waals surface area contributed by atoms with Crippen molar-refractivity contribution in [2.45, 2.75) is 453 Å². The molecule has 612 valence electrons. The number of hydrogen-bond donors (Lipinski definition) is 3. The maximum Gasteiger partial charge on any atom is 0.472 e. The van der Waals surface area contributed by atoms with E-state index in [9.17, 15) is 43.2 Å². The summed E-state index contributed by atoms with van der Waals surface area (Å²) in [6.45, 7) is 14.3. The second kappa shape index (κ2) is 72.9. The van der Waals surface area contributed by atoms with Crippen LogP contribution in [0.4, 0.5) is 0 Å². The third-order valence-electron chi connectivity index (χ3n) is 20.3. The third kappa shape index (κ3) is 75.3. The van der Waals surface area contributed by atoms with E-state index in [-0.39, 0.29) is 25.7 Å². The van der Waals surface area contributed by atoms with Crippen molar-refractivity contribution in [3.05, 3.63) is 0 Å². The molecule has 0 fully saturated rings. The summed E-state index contributed by atoms with van der Waals surface area (Å²) in [5, 5.41) is 10.7. The molecule has 7 atom stereocenters. The number of hydrogen-bond acceptors (Lipinski definition) is 15. The summed E-state index contributed by atoms with van der Waals surface area (Å²) >= 11 is 0. The van der Waals surface area contributed by atoms with Crippen molar-refractivity contribution in [1.29, 1.82) is 0 Å². The zero-order chi connectivity index (χ0) is 76.0. The molecule has 0 saturated heterocycles. The van der Waals surface area contributed by atoms with E-state index in [4.69, 9.17) is 37.0 Å². The molecule has 0 aromatic rings. The lowest BCUT2D eigenvalue weighted by Crippen LogP contribution is -2.30. The van der Waals surface area contributed by atoms with E-state index in [0.29, 0.717) is 25.7 Å². The number of carbonyl (C=O) groups excluding carboxylic acids is 4. The van der Waals surface area contributed by atoms with E-state index in [2.05, 4.69) is 55.4 Å². The van der Waals surface area contributed by atoms with Gasteiger partial charge in [0.2, 0.25) is 0 Å². The molecular weight excluding hydrogens is 1340 g/mol. The van der Waals surface area contributed by atoms with Crippen LogP contribution in [0.15, 0.2) is 0 Å². The van der Waals surface area contributed by atoms with Crippen molar-refractivity contribution in [3.63, 3.8) is 0 Å². The minimum Gasteiger partial charge on any atom is -0.462 e. The van der Waals surface area contributed by atoms with Gasteiger partial charge in [0.05, 0.1) is 26.4 Å². The summed E-state index contributed by atoms with van der Waals surface area (Å²) in [5.74, 6) is 1.09. The van der Waals surface area contributed by atoms with Gasteiger partial charge in [0.25, 0.3) is 0 Å². The average Bonchev–Trinajstić information content (AvgIpc) is 0.922. The highest BCUT2D eigenvalue weighted by atomic mass is 31.2. The Morgan fingerprint density at radius 3 is 0.689 bits per heavy atom. The highest BCUT2D eigenvalue weighted by Crippen LogP contribution is 2.45. The maximum atomic E-state index is 13.1. The number of rotatable bonds is 81. The van der Waals surface area contributed by atoms with E-state index in [0.717, 1.165) is 114 Å². The van der Waals surface area contributed by atoms with Gasteiger partial charge in [-0.15, -0.1) is 0 Å². The van der Waals surface area contributed by atoms with Gasteiger partial charge in [0.15, 0.2) is 12.2 Å². The molecule has 103 heavy (non-hydrogen) atoms.